The van der Waals surface area contributed by atoms with E-state index in [0.29, 0.717) is 19.0 Å². The van der Waals surface area contributed by atoms with E-state index in [-0.39, 0.29) is 11.2 Å². The van der Waals surface area contributed by atoms with Gasteiger partial charge in [0.1, 0.15) is 5.82 Å². The minimum absolute atomic E-state index is 0.0592. The van der Waals surface area contributed by atoms with E-state index >= 15 is 0 Å². The van der Waals surface area contributed by atoms with Gasteiger partial charge < -0.3 is 9.64 Å². The first kappa shape index (κ1) is 14.4. The molecule has 1 aliphatic carbocycles. The Bertz CT molecular complexity index is 573. The highest BCUT2D eigenvalue weighted by atomic mass is 16.5. The van der Waals surface area contributed by atoms with Gasteiger partial charge >= 0.3 is 5.69 Å². The van der Waals surface area contributed by atoms with Crippen molar-refractivity contribution in [1.82, 2.24) is 9.55 Å². The zero-order valence-electron chi connectivity index (χ0n) is 13.3. The standard InChI is InChI=1S/C16H25N3O2/c1-16(2)11-19-14(18(16)3)10-13(17-15(19)20)21-9-8-12-6-4-5-7-12/h10,12H,4-9,11H2,1-3H3. The monoisotopic (exact) mass is 291 g/mol. The zero-order valence-corrected chi connectivity index (χ0v) is 13.3. The smallest absolute Gasteiger partial charge is 0.352 e. The van der Waals surface area contributed by atoms with Gasteiger partial charge in [0.15, 0.2) is 0 Å². The van der Waals surface area contributed by atoms with Crippen molar-refractivity contribution in [3.63, 3.8) is 0 Å². The summed E-state index contributed by atoms with van der Waals surface area (Å²) in [5.41, 5.74) is -0.267. The van der Waals surface area contributed by atoms with E-state index in [1.54, 1.807) is 4.57 Å². The second kappa shape index (κ2) is 5.35. The molecule has 0 unspecified atom stereocenters. The Labute approximate surface area is 125 Å². The maximum Gasteiger partial charge on any atom is 0.352 e. The van der Waals surface area contributed by atoms with Crippen LogP contribution in [0.4, 0.5) is 5.82 Å². The Kier molecular flexibility index (Phi) is 3.68. The largest absolute Gasteiger partial charge is 0.477 e. The molecule has 0 amide bonds. The van der Waals surface area contributed by atoms with E-state index in [1.807, 2.05) is 13.1 Å². The van der Waals surface area contributed by atoms with E-state index in [1.165, 1.54) is 25.7 Å². The lowest BCUT2D eigenvalue weighted by molar-refractivity contribution is 0.268. The van der Waals surface area contributed by atoms with Gasteiger partial charge in [-0.05, 0) is 26.2 Å². The van der Waals surface area contributed by atoms with Crippen molar-refractivity contribution < 1.29 is 4.74 Å². The van der Waals surface area contributed by atoms with Crippen molar-refractivity contribution in [2.45, 2.75) is 58.0 Å². The first-order valence-electron chi connectivity index (χ1n) is 7.96. The predicted molar refractivity (Wildman–Crippen MR) is 83.0 cm³/mol. The minimum Gasteiger partial charge on any atom is -0.477 e. The van der Waals surface area contributed by atoms with Gasteiger partial charge in [-0.25, -0.2) is 4.79 Å². The summed E-state index contributed by atoms with van der Waals surface area (Å²) in [6.45, 7) is 5.58. The van der Waals surface area contributed by atoms with Gasteiger partial charge in [0.05, 0.1) is 18.7 Å². The fourth-order valence-electron chi connectivity index (χ4n) is 3.41. The van der Waals surface area contributed by atoms with E-state index in [9.17, 15) is 4.79 Å². The van der Waals surface area contributed by atoms with Crippen molar-refractivity contribution in [2.24, 2.45) is 5.92 Å². The third-order valence-electron chi connectivity index (χ3n) is 5.01. The van der Waals surface area contributed by atoms with Gasteiger partial charge in [0, 0.05) is 13.1 Å². The molecule has 5 heteroatoms. The highest BCUT2D eigenvalue weighted by Crippen LogP contribution is 2.32. The quantitative estimate of drug-likeness (QED) is 0.855. The number of likely N-dealkylation sites (N-methyl/N-ethyl adjacent to an activating group) is 1. The Morgan fingerprint density at radius 3 is 2.81 bits per heavy atom. The van der Waals surface area contributed by atoms with Gasteiger partial charge in [0.25, 0.3) is 0 Å². The van der Waals surface area contributed by atoms with Crippen LogP contribution in [0.3, 0.4) is 0 Å². The van der Waals surface area contributed by atoms with Crippen LogP contribution in [0.2, 0.25) is 0 Å². The van der Waals surface area contributed by atoms with Crippen molar-refractivity contribution in [3.8, 4) is 5.88 Å². The highest BCUT2D eigenvalue weighted by molar-refractivity contribution is 5.47. The van der Waals surface area contributed by atoms with Crippen LogP contribution in [0.1, 0.15) is 46.0 Å². The van der Waals surface area contributed by atoms with Crippen molar-refractivity contribution in [3.05, 3.63) is 16.6 Å². The van der Waals surface area contributed by atoms with Crippen LogP contribution in [0.15, 0.2) is 10.9 Å². The SMILES string of the molecule is CN1c2cc(OCCC3CCCC3)nc(=O)n2CC1(C)C. The first-order valence-corrected chi connectivity index (χ1v) is 7.96. The van der Waals surface area contributed by atoms with Crippen LogP contribution < -0.4 is 15.3 Å². The van der Waals surface area contributed by atoms with Gasteiger partial charge in [-0.1, -0.05) is 25.7 Å². The number of nitrogens with zero attached hydrogens (tertiary/aromatic N) is 3. The molecule has 1 aliphatic heterocycles. The molecule has 2 aliphatic rings. The lowest BCUT2D eigenvalue weighted by Crippen LogP contribution is -2.38. The molecular weight excluding hydrogens is 266 g/mol. The molecule has 1 aromatic heterocycles. The fourth-order valence-corrected chi connectivity index (χ4v) is 3.41. The van der Waals surface area contributed by atoms with E-state index in [2.05, 4.69) is 23.7 Å². The van der Waals surface area contributed by atoms with Crippen LogP contribution in [-0.2, 0) is 6.54 Å². The molecule has 5 nitrogen and oxygen atoms in total. The number of fused-ring (bicyclic) bond motifs is 1. The highest BCUT2D eigenvalue weighted by Gasteiger charge is 2.34. The Morgan fingerprint density at radius 2 is 2.10 bits per heavy atom. The summed E-state index contributed by atoms with van der Waals surface area (Å²) in [5, 5.41) is 0. The number of hydrogen-bond acceptors (Lipinski definition) is 4. The molecule has 21 heavy (non-hydrogen) atoms. The molecule has 2 heterocycles. The van der Waals surface area contributed by atoms with Gasteiger partial charge in [0.2, 0.25) is 5.88 Å². The van der Waals surface area contributed by atoms with Crippen LogP contribution >= 0.6 is 0 Å². The summed E-state index contributed by atoms with van der Waals surface area (Å²) in [4.78, 5) is 18.3. The molecule has 0 radical (unpaired) electrons. The molecule has 0 atom stereocenters. The number of hydrogen-bond donors (Lipinski definition) is 0. The van der Waals surface area contributed by atoms with Crippen molar-refractivity contribution in [2.75, 3.05) is 18.6 Å². The molecule has 116 valence electrons. The summed E-state index contributed by atoms with van der Waals surface area (Å²) < 4.78 is 7.47. The summed E-state index contributed by atoms with van der Waals surface area (Å²) >= 11 is 0. The van der Waals surface area contributed by atoms with Gasteiger partial charge in [-0.2, -0.15) is 4.98 Å². The van der Waals surface area contributed by atoms with Crippen LogP contribution in [-0.4, -0.2) is 28.7 Å². The first-order chi connectivity index (χ1) is 9.97. The average Bonchev–Trinajstić information content (AvgIpc) is 3.00. The van der Waals surface area contributed by atoms with Crippen LogP contribution in [0, 0.1) is 5.92 Å². The average molecular weight is 291 g/mol. The summed E-state index contributed by atoms with van der Waals surface area (Å²) in [6.07, 6.45) is 6.41. The Morgan fingerprint density at radius 1 is 1.38 bits per heavy atom. The van der Waals surface area contributed by atoms with E-state index < -0.39 is 0 Å². The van der Waals surface area contributed by atoms with Crippen molar-refractivity contribution in [1.29, 1.82) is 0 Å². The minimum atomic E-state index is -0.208. The molecule has 3 rings (SSSR count). The number of rotatable bonds is 4. The maximum atomic E-state index is 12.1. The van der Waals surface area contributed by atoms with Crippen molar-refractivity contribution >= 4 is 5.82 Å². The van der Waals surface area contributed by atoms with Crippen LogP contribution in [0.5, 0.6) is 5.88 Å². The molecule has 0 aromatic carbocycles. The molecule has 1 saturated carbocycles. The predicted octanol–water partition coefficient (Wildman–Crippen LogP) is 2.43. The number of anilines is 1. The molecular formula is C16H25N3O2. The molecule has 0 saturated heterocycles. The lowest BCUT2D eigenvalue weighted by Gasteiger charge is -2.28. The second-order valence-electron chi connectivity index (χ2n) is 6.98. The molecule has 1 aromatic rings. The van der Waals surface area contributed by atoms with E-state index in [0.717, 1.165) is 18.2 Å². The lowest BCUT2D eigenvalue weighted by atomic mass is 10.1. The normalized spacial score (nSPS) is 20.8. The summed E-state index contributed by atoms with van der Waals surface area (Å²) in [6, 6.07) is 1.89. The number of ether oxygens (including phenoxy) is 1. The summed E-state index contributed by atoms with van der Waals surface area (Å²) in [7, 11) is 2.01. The topological polar surface area (TPSA) is 47.4 Å². The third kappa shape index (κ3) is 2.78. The molecule has 0 spiro atoms. The van der Waals surface area contributed by atoms with Gasteiger partial charge in [-0.3, -0.25) is 4.57 Å². The molecule has 0 bridgehead atoms. The fraction of sp³-hybridized carbons (Fsp3) is 0.750. The Balaban J connectivity index is 1.69. The van der Waals surface area contributed by atoms with Gasteiger partial charge in [-0.15, -0.1) is 0 Å². The molecule has 0 N–H and O–H groups in total. The third-order valence-corrected chi connectivity index (χ3v) is 5.01. The number of aromatic nitrogens is 2. The maximum absolute atomic E-state index is 12.1. The summed E-state index contributed by atoms with van der Waals surface area (Å²) in [5.74, 6) is 2.16. The molecule has 1 fully saturated rings. The van der Waals surface area contributed by atoms with E-state index in [4.69, 9.17) is 4.74 Å². The zero-order chi connectivity index (χ0) is 15.0. The Hall–Kier alpha value is -1.52. The second-order valence-corrected chi connectivity index (χ2v) is 6.98. The van der Waals surface area contributed by atoms with Crippen LogP contribution in [0.25, 0.3) is 0 Å².